The Morgan fingerprint density at radius 3 is 2.81 bits per heavy atom. The van der Waals surface area contributed by atoms with Gasteiger partial charge in [0.25, 0.3) is 5.91 Å². The average Bonchev–Trinajstić information content (AvgIpc) is 3.21. The average molecular weight is 374 g/mol. The van der Waals surface area contributed by atoms with Crippen LogP contribution in [-0.4, -0.2) is 51.2 Å². The van der Waals surface area contributed by atoms with Crippen LogP contribution in [0.5, 0.6) is 0 Å². The molecule has 0 aliphatic carbocycles. The van der Waals surface area contributed by atoms with Crippen molar-refractivity contribution in [2.45, 2.75) is 38.1 Å². The normalized spacial score (nSPS) is 23.4. The predicted molar refractivity (Wildman–Crippen MR) is 101 cm³/mol. The molecule has 0 spiro atoms. The molecule has 0 unspecified atom stereocenters. The van der Waals surface area contributed by atoms with E-state index in [0.29, 0.717) is 29.1 Å². The van der Waals surface area contributed by atoms with Crippen molar-refractivity contribution in [2.24, 2.45) is 5.92 Å². The summed E-state index contributed by atoms with van der Waals surface area (Å²) in [5, 5.41) is 11.2. The van der Waals surface area contributed by atoms with E-state index in [0.717, 1.165) is 5.69 Å². The Morgan fingerprint density at radius 2 is 1.96 bits per heavy atom. The predicted octanol–water partition coefficient (Wildman–Crippen LogP) is 2.92. The molecule has 2 fully saturated rings. The summed E-state index contributed by atoms with van der Waals surface area (Å²) in [6.07, 6.45) is 9.48. The van der Waals surface area contributed by atoms with Gasteiger partial charge in [0.2, 0.25) is 0 Å². The molecular formula is C19H24ClN5O. The number of benzene rings is 1. The van der Waals surface area contributed by atoms with Crippen LogP contribution in [0.3, 0.4) is 0 Å². The third kappa shape index (κ3) is 3.62. The SMILES string of the molecule is O=C(NC[C@H]1CCCN2CCCC[C@H]12)c1cc(-n2cnnc2)ccc1Cl. The number of carbonyl (C=O) groups is 1. The zero-order valence-corrected chi connectivity index (χ0v) is 15.5. The molecule has 1 aromatic heterocycles. The quantitative estimate of drug-likeness (QED) is 0.895. The van der Waals surface area contributed by atoms with Gasteiger partial charge in [0.15, 0.2) is 0 Å². The molecule has 26 heavy (non-hydrogen) atoms. The van der Waals surface area contributed by atoms with E-state index in [1.54, 1.807) is 29.4 Å². The molecule has 1 amide bonds. The maximum atomic E-state index is 12.7. The van der Waals surface area contributed by atoms with Gasteiger partial charge in [0.1, 0.15) is 12.7 Å². The topological polar surface area (TPSA) is 63.1 Å². The zero-order valence-electron chi connectivity index (χ0n) is 14.8. The van der Waals surface area contributed by atoms with E-state index in [2.05, 4.69) is 20.4 Å². The fourth-order valence-corrected chi connectivity index (χ4v) is 4.52. The number of nitrogens with one attached hydrogen (secondary N) is 1. The number of carbonyl (C=O) groups excluding carboxylic acids is 1. The second kappa shape index (κ2) is 7.76. The summed E-state index contributed by atoms with van der Waals surface area (Å²) in [4.78, 5) is 15.4. The highest BCUT2D eigenvalue weighted by molar-refractivity contribution is 6.33. The van der Waals surface area contributed by atoms with Crippen molar-refractivity contribution in [3.63, 3.8) is 0 Å². The summed E-state index contributed by atoms with van der Waals surface area (Å²) in [6.45, 7) is 3.14. The van der Waals surface area contributed by atoms with Gasteiger partial charge in [-0.25, -0.2) is 0 Å². The molecule has 4 rings (SSSR count). The summed E-state index contributed by atoms with van der Waals surface area (Å²) in [5.41, 5.74) is 1.31. The molecule has 0 saturated carbocycles. The monoisotopic (exact) mass is 373 g/mol. The Hall–Kier alpha value is -1.92. The largest absolute Gasteiger partial charge is 0.352 e. The van der Waals surface area contributed by atoms with Gasteiger partial charge in [-0.1, -0.05) is 18.0 Å². The number of piperidine rings is 2. The minimum atomic E-state index is -0.113. The lowest BCUT2D eigenvalue weighted by Gasteiger charge is -2.44. The van der Waals surface area contributed by atoms with Crippen molar-refractivity contribution in [2.75, 3.05) is 19.6 Å². The number of nitrogens with zero attached hydrogens (tertiary/aromatic N) is 4. The summed E-state index contributed by atoms with van der Waals surface area (Å²) in [7, 11) is 0. The smallest absolute Gasteiger partial charge is 0.252 e. The van der Waals surface area contributed by atoms with Crippen molar-refractivity contribution in [1.82, 2.24) is 25.0 Å². The summed E-state index contributed by atoms with van der Waals surface area (Å²) in [6, 6.07) is 6.00. The van der Waals surface area contributed by atoms with E-state index in [9.17, 15) is 4.79 Å². The minimum absolute atomic E-state index is 0.113. The molecule has 1 N–H and O–H groups in total. The van der Waals surface area contributed by atoms with E-state index >= 15 is 0 Å². The summed E-state index contributed by atoms with van der Waals surface area (Å²) in [5.74, 6) is 0.422. The summed E-state index contributed by atoms with van der Waals surface area (Å²) >= 11 is 6.28. The maximum Gasteiger partial charge on any atom is 0.252 e. The van der Waals surface area contributed by atoms with Crippen LogP contribution in [0.2, 0.25) is 5.02 Å². The van der Waals surface area contributed by atoms with Crippen LogP contribution in [0.4, 0.5) is 0 Å². The van der Waals surface area contributed by atoms with Gasteiger partial charge in [-0.2, -0.15) is 0 Å². The number of aromatic nitrogens is 3. The molecule has 2 aromatic rings. The zero-order chi connectivity index (χ0) is 17.9. The molecule has 6 nitrogen and oxygen atoms in total. The van der Waals surface area contributed by atoms with Crippen LogP contribution in [0.15, 0.2) is 30.9 Å². The maximum absolute atomic E-state index is 12.7. The molecule has 3 heterocycles. The van der Waals surface area contributed by atoms with Crippen molar-refractivity contribution in [3.05, 3.63) is 41.4 Å². The minimum Gasteiger partial charge on any atom is -0.352 e. The lowest BCUT2D eigenvalue weighted by atomic mass is 9.83. The van der Waals surface area contributed by atoms with E-state index < -0.39 is 0 Å². The molecule has 2 aliphatic rings. The number of rotatable bonds is 4. The molecule has 0 radical (unpaired) electrons. The second-order valence-electron chi connectivity index (χ2n) is 7.24. The van der Waals surface area contributed by atoms with Gasteiger partial charge in [-0.15, -0.1) is 10.2 Å². The second-order valence-corrected chi connectivity index (χ2v) is 7.65. The lowest BCUT2D eigenvalue weighted by molar-refractivity contribution is 0.0575. The van der Waals surface area contributed by atoms with E-state index in [4.69, 9.17) is 11.6 Å². The summed E-state index contributed by atoms with van der Waals surface area (Å²) < 4.78 is 1.76. The Balaban J connectivity index is 1.44. The molecule has 1 aromatic carbocycles. The Kier molecular flexibility index (Phi) is 5.22. The van der Waals surface area contributed by atoms with E-state index in [1.807, 2.05) is 6.07 Å². The van der Waals surface area contributed by atoms with Crippen LogP contribution >= 0.6 is 11.6 Å². The van der Waals surface area contributed by atoms with Gasteiger partial charge in [0.05, 0.1) is 10.6 Å². The number of hydrogen-bond acceptors (Lipinski definition) is 4. The Morgan fingerprint density at radius 1 is 1.15 bits per heavy atom. The highest BCUT2D eigenvalue weighted by Crippen LogP contribution is 2.30. The van der Waals surface area contributed by atoms with Gasteiger partial charge >= 0.3 is 0 Å². The lowest BCUT2D eigenvalue weighted by Crippen LogP contribution is -2.51. The van der Waals surface area contributed by atoms with E-state index in [1.165, 1.54) is 45.2 Å². The molecule has 2 aliphatic heterocycles. The van der Waals surface area contributed by atoms with Crippen molar-refractivity contribution >= 4 is 17.5 Å². The fourth-order valence-electron chi connectivity index (χ4n) is 4.32. The van der Waals surface area contributed by atoms with Crippen LogP contribution in [0.25, 0.3) is 5.69 Å². The highest BCUT2D eigenvalue weighted by Gasteiger charge is 2.33. The van der Waals surface area contributed by atoms with E-state index in [-0.39, 0.29) is 5.91 Å². The Labute approximate surface area is 158 Å². The first kappa shape index (κ1) is 17.5. The van der Waals surface area contributed by atoms with Crippen LogP contribution in [0.1, 0.15) is 42.5 Å². The highest BCUT2D eigenvalue weighted by atomic mass is 35.5. The number of fused-ring (bicyclic) bond motifs is 1. The number of hydrogen-bond donors (Lipinski definition) is 1. The number of halogens is 1. The van der Waals surface area contributed by atoms with Crippen molar-refractivity contribution in [1.29, 1.82) is 0 Å². The fraction of sp³-hybridized carbons (Fsp3) is 0.526. The first-order valence-corrected chi connectivity index (χ1v) is 9.77. The molecule has 2 saturated heterocycles. The van der Waals surface area contributed by atoms with Gasteiger partial charge in [-0.05, 0) is 62.9 Å². The molecule has 138 valence electrons. The van der Waals surface area contributed by atoms with Gasteiger partial charge in [-0.3, -0.25) is 9.36 Å². The van der Waals surface area contributed by atoms with Gasteiger partial charge < -0.3 is 10.2 Å². The van der Waals surface area contributed by atoms with Crippen LogP contribution < -0.4 is 5.32 Å². The standard InChI is InChI=1S/C19H24ClN5O/c20-17-7-6-15(25-12-22-23-13-25)10-16(17)19(26)21-11-14-4-3-9-24-8-2-1-5-18(14)24/h6-7,10,12-14,18H,1-5,8-9,11H2,(H,21,26)/t14-,18-/m1/s1. The first-order valence-electron chi connectivity index (χ1n) is 9.39. The van der Waals surface area contributed by atoms with Crippen molar-refractivity contribution < 1.29 is 4.79 Å². The molecular weight excluding hydrogens is 350 g/mol. The molecule has 0 bridgehead atoms. The first-order chi connectivity index (χ1) is 12.7. The van der Waals surface area contributed by atoms with Gasteiger partial charge in [0, 0.05) is 18.3 Å². The Bertz CT molecular complexity index is 761. The molecule has 2 atom stereocenters. The third-order valence-corrected chi connectivity index (χ3v) is 5.99. The molecule has 7 heteroatoms. The van der Waals surface area contributed by atoms with Crippen LogP contribution in [0, 0.1) is 5.92 Å². The van der Waals surface area contributed by atoms with Crippen LogP contribution in [-0.2, 0) is 0 Å². The number of amides is 1. The third-order valence-electron chi connectivity index (χ3n) is 5.66. The van der Waals surface area contributed by atoms with Crippen molar-refractivity contribution in [3.8, 4) is 5.69 Å².